The maximum absolute atomic E-state index is 5.30. The highest BCUT2D eigenvalue weighted by molar-refractivity contribution is 5.68. The van der Waals surface area contributed by atoms with Gasteiger partial charge in [-0.25, -0.2) is 0 Å². The van der Waals surface area contributed by atoms with Crippen LogP contribution in [0.1, 0.15) is 17.5 Å². The van der Waals surface area contributed by atoms with Crippen LogP contribution in [0.5, 0.6) is 0 Å². The highest BCUT2D eigenvalue weighted by Gasteiger charge is 2.10. The average molecular weight is 159 g/mol. The molecule has 0 saturated heterocycles. The van der Waals surface area contributed by atoms with E-state index in [4.69, 9.17) is 4.74 Å². The van der Waals surface area contributed by atoms with Crippen LogP contribution in [-0.2, 0) is 11.3 Å². The zero-order valence-corrected chi connectivity index (χ0v) is 6.92. The molecule has 0 fully saturated rings. The Morgan fingerprint density at radius 1 is 1.33 bits per heavy atom. The molecule has 1 nitrogen and oxygen atoms in total. The summed E-state index contributed by atoms with van der Waals surface area (Å²) in [6.07, 6.45) is 2.60. The van der Waals surface area contributed by atoms with Crippen molar-refractivity contribution in [2.45, 2.75) is 13.0 Å². The van der Waals surface area contributed by atoms with Gasteiger partial charge in [0.2, 0.25) is 0 Å². The molecule has 0 aromatic heterocycles. The first-order valence-corrected chi connectivity index (χ1v) is 4.10. The smallest absolute Gasteiger partial charge is 0.113 e. The second-order valence-corrected chi connectivity index (χ2v) is 2.86. The molecule has 0 aliphatic carbocycles. The second kappa shape index (κ2) is 3.02. The molecule has 0 N–H and O–H groups in total. The van der Waals surface area contributed by atoms with Crippen LogP contribution in [0, 0.1) is 6.92 Å². The highest BCUT2D eigenvalue weighted by atomic mass is 16.5. The Morgan fingerprint density at radius 2 is 2.17 bits per heavy atom. The fourth-order valence-electron chi connectivity index (χ4n) is 1.45. The lowest BCUT2D eigenvalue weighted by Gasteiger charge is -2.16. The molecule has 0 spiro atoms. The number of allylic oxidation sites excluding steroid dienone is 1. The van der Waals surface area contributed by atoms with Crippen molar-refractivity contribution in [3.8, 4) is 0 Å². The molecule has 1 aromatic rings. The van der Waals surface area contributed by atoms with Crippen LogP contribution >= 0.6 is 0 Å². The summed E-state index contributed by atoms with van der Waals surface area (Å²) in [6, 6.07) is 8.30. The summed E-state index contributed by atoms with van der Waals surface area (Å²) in [5.41, 5.74) is 3.74. The van der Waals surface area contributed by atoms with Crippen molar-refractivity contribution < 1.29 is 4.74 Å². The Morgan fingerprint density at radius 3 is 3.00 bits per heavy atom. The van der Waals surface area contributed by atoms with Crippen molar-refractivity contribution in [2.24, 2.45) is 0 Å². The predicted molar refractivity (Wildman–Crippen MR) is 49.2 cm³/mol. The molecule has 1 radical (unpaired) electrons. The van der Waals surface area contributed by atoms with E-state index in [1.54, 1.807) is 0 Å². The van der Waals surface area contributed by atoms with Gasteiger partial charge in [0.15, 0.2) is 0 Å². The molecule has 12 heavy (non-hydrogen) atoms. The number of fused-ring (bicyclic) bond motifs is 1. The topological polar surface area (TPSA) is 9.23 Å². The predicted octanol–water partition coefficient (Wildman–Crippen LogP) is 2.78. The maximum Gasteiger partial charge on any atom is 0.113 e. The van der Waals surface area contributed by atoms with E-state index in [1.807, 2.05) is 18.4 Å². The van der Waals surface area contributed by atoms with Crippen molar-refractivity contribution in [2.75, 3.05) is 0 Å². The molecule has 1 heterocycles. The zero-order chi connectivity index (χ0) is 8.39. The van der Waals surface area contributed by atoms with Crippen molar-refractivity contribution in [1.29, 1.82) is 0 Å². The molecular formula is C11H11O. The minimum atomic E-state index is 0.694. The third kappa shape index (κ3) is 1.11. The first kappa shape index (κ1) is 7.41. The van der Waals surface area contributed by atoms with E-state index in [2.05, 4.69) is 19.1 Å². The van der Waals surface area contributed by atoms with E-state index in [0.717, 1.165) is 6.42 Å². The Kier molecular flexibility index (Phi) is 1.86. The largest absolute Gasteiger partial charge is 0.496 e. The van der Waals surface area contributed by atoms with Gasteiger partial charge in [0.25, 0.3) is 0 Å². The van der Waals surface area contributed by atoms with E-state index in [9.17, 15) is 0 Å². The van der Waals surface area contributed by atoms with Crippen LogP contribution in [0.4, 0.5) is 0 Å². The summed E-state index contributed by atoms with van der Waals surface area (Å²) < 4.78 is 5.30. The SMILES string of the molecule is [CH2]CC1=COCc2ccccc21. The third-order valence-electron chi connectivity index (χ3n) is 2.10. The van der Waals surface area contributed by atoms with Gasteiger partial charge in [-0.3, -0.25) is 0 Å². The van der Waals surface area contributed by atoms with Gasteiger partial charge in [-0.2, -0.15) is 0 Å². The van der Waals surface area contributed by atoms with Crippen LogP contribution in [0.15, 0.2) is 30.5 Å². The van der Waals surface area contributed by atoms with E-state index in [-0.39, 0.29) is 0 Å². The molecule has 61 valence electrons. The maximum atomic E-state index is 5.30. The second-order valence-electron chi connectivity index (χ2n) is 2.86. The third-order valence-corrected chi connectivity index (χ3v) is 2.10. The number of hydrogen-bond donors (Lipinski definition) is 0. The lowest BCUT2D eigenvalue weighted by molar-refractivity contribution is 0.232. The molecule has 0 unspecified atom stereocenters. The number of hydrogen-bond acceptors (Lipinski definition) is 1. The van der Waals surface area contributed by atoms with Crippen LogP contribution in [0.2, 0.25) is 0 Å². The molecule has 1 aliphatic heterocycles. The Balaban J connectivity index is 2.48. The van der Waals surface area contributed by atoms with Gasteiger partial charge in [-0.15, -0.1) is 0 Å². The molecule has 1 aromatic carbocycles. The van der Waals surface area contributed by atoms with Crippen molar-refractivity contribution >= 4 is 5.57 Å². The molecule has 1 aliphatic rings. The summed E-state index contributed by atoms with van der Waals surface area (Å²) in [6.45, 7) is 4.55. The Bertz CT molecular complexity index is 313. The van der Waals surface area contributed by atoms with Gasteiger partial charge in [0.05, 0.1) is 6.26 Å². The summed E-state index contributed by atoms with van der Waals surface area (Å²) in [4.78, 5) is 0. The lowest BCUT2D eigenvalue weighted by Crippen LogP contribution is -2.00. The standard InChI is InChI=1S/C11H11O/c1-2-9-7-12-8-10-5-3-4-6-11(9)10/h3-7H,1-2,8H2. The Hall–Kier alpha value is -1.24. The van der Waals surface area contributed by atoms with Gasteiger partial charge in [0.1, 0.15) is 6.61 Å². The molecule has 1 heteroatoms. The summed E-state index contributed by atoms with van der Waals surface area (Å²) in [5, 5.41) is 0. The van der Waals surface area contributed by atoms with Gasteiger partial charge in [0, 0.05) is 0 Å². The van der Waals surface area contributed by atoms with Crippen molar-refractivity contribution in [3.05, 3.63) is 48.6 Å². The van der Waals surface area contributed by atoms with E-state index in [1.165, 1.54) is 16.7 Å². The van der Waals surface area contributed by atoms with Crippen LogP contribution in [-0.4, -0.2) is 0 Å². The fraction of sp³-hybridized carbons (Fsp3) is 0.182. The van der Waals surface area contributed by atoms with Crippen molar-refractivity contribution in [1.82, 2.24) is 0 Å². The van der Waals surface area contributed by atoms with E-state index < -0.39 is 0 Å². The average Bonchev–Trinajstić information content (AvgIpc) is 2.17. The number of ether oxygens (including phenoxy) is 1. The fourth-order valence-corrected chi connectivity index (χ4v) is 1.45. The monoisotopic (exact) mass is 159 g/mol. The molecule has 0 saturated carbocycles. The van der Waals surface area contributed by atoms with Crippen molar-refractivity contribution in [3.63, 3.8) is 0 Å². The van der Waals surface area contributed by atoms with Gasteiger partial charge in [-0.1, -0.05) is 24.3 Å². The van der Waals surface area contributed by atoms with Crippen LogP contribution in [0.3, 0.4) is 0 Å². The quantitative estimate of drug-likeness (QED) is 0.612. The molecule has 2 rings (SSSR count). The van der Waals surface area contributed by atoms with Crippen LogP contribution in [0.25, 0.3) is 5.57 Å². The Labute approximate surface area is 72.7 Å². The van der Waals surface area contributed by atoms with E-state index in [0.29, 0.717) is 6.61 Å². The minimum Gasteiger partial charge on any atom is -0.496 e. The van der Waals surface area contributed by atoms with Gasteiger partial charge >= 0.3 is 0 Å². The number of benzene rings is 1. The van der Waals surface area contributed by atoms with Gasteiger partial charge in [-0.05, 0) is 30.0 Å². The summed E-state index contributed by atoms with van der Waals surface area (Å²) in [7, 11) is 0. The summed E-state index contributed by atoms with van der Waals surface area (Å²) >= 11 is 0. The first-order chi connectivity index (χ1) is 5.92. The molecule has 0 amide bonds. The molecule has 0 bridgehead atoms. The van der Waals surface area contributed by atoms with E-state index >= 15 is 0 Å². The normalized spacial score (nSPS) is 14.6. The van der Waals surface area contributed by atoms with Crippen LogP contribution < -0.4 is 0 Å². The minimum absolute atomic E-state index is 0.694. The first-order valence-electron chi connectivity index (χ1n) is 4.10. The molecular weight excluding hydrogens is 148 g/mol. The lowest BCUT2D eigenvalue weighted by atomic mass is 9.98. The molecule has 0 atom stereocenters. The highest BCUT2D eigenvalue weighted by Crippen LogP contribution is 2.26. The summed E-state index contributed by atoms with van der Waals surface area (Å²) in [5.74, 6) is 0. The van der Waals surface area contributed by atoms with Gasteiger partial charge < -0.3 is 4.74 Å². The number of rotatable bonds is 1. The zero-order valence-electron chi connectivity index (χ0n) is 6.92.